The fourth-order valence-electron chi connectivity index (χ4n) is 4.25. The first-order chi connectivity index (χ1) is 21.9. The van der Waals surface area contributed by atoms with E-state index < -0.39 is 23.0 Å². The Hall–Kier alpha value is -5.45. The number of thioether (sulfide) groups is 1. The average molecular weight is 634 g/mol. The van der Waals surface area contributed by atoms with Crippen LogP contribution in [0.15, 0.2) is 137 Å². The molecule has 8 nitrogen and oxygen atoms in total. The molecule has 1 heterocycles. The topological polar surface area (TPSA) is 125 Å². The second-order valence-corrected chi connectivity index (χ2v) is 11.8. The molecular weight excluding hydrogens is 607 g/mol. The highest BCUT2D eigenvalue weighted by Crippen LogP contribution is 2.37. The van der Waals surface area contributed by atoms with Crippen LogP contribution in [0.1, 0.15) is 36.4 Å². The predicted octanol–water partition coefficient (Wildman–Crippen LogP) is 7.33. The number of nitrogens with one attached hydrogen (secondary N) is 3. The van der Waals surface area contributed by atoms with Crippen LogP contribution in [-0.4, -0.2) is 28.8 Å². The maximum absolute atomic E-state index is 13.4. The normalized spacial score (nSPS) is 11.7. The number of anilines is 2. The molecule has 0 aliphatic carbocycles. The van der Waals surface area contributed by atoms with E-state index in [2.05, 4.69) is 16.0 Å². The zero-order valence-corrected chi connectivity index (χ0v) is 25.3. The van der Waals surface area contributed by atoms with Crippen LogP contribution in [-0.2, 0) is 9.59 Å². The van der Waals surface area contributed by atoms with Crippen molar-refractivity contribution in [1.29, 1.82) is 0 Å². The Kier molecular flexibility index (Phi) is 10.2. The van der Waals surface area contributed by atoms with Crippen LogP contribution in [0.25, 0.3) is 6.08 Å². The summed E-state index contributed by atoms with van der Waals surface area (Å²) in [5.74, 6) is -2.29. The third-order valence-electron chi connectivity index (χ3n) is 6.44. The molecule has 5 aromatic rings. The first-order valence-electron chi connectivity index (χ1n) is 13.7. The number of aromatic carboxylic acids is 1. The van der Waals surface area contributed by atoms with Crippen molar-refractivity contribution in [2.24, 2.45) is 0 Å². The van der Waals surface area contributed by atoms with Crippen LogP contribution >= 0.6 is 23.1 Å². The summed E-state index contributed by atoms with van der Waals surface area (Å²) >= 11 is 2.75. The van der Waals surface area contributed by atoms with E-state index in [-0.39, 0.29) is 17.2 Å². The Morgan fingerprint density at radius 2 is 1.40 bits per heavy atom. The van der Waals surface area contributed by atoms with Crippen molar-refractivity contribution in [3.63, 3.8) is 0 Å². The van der Waals surface area contributed by atoms with Crippen molar-refractivity contribution < 1.29 is 24.3 Å². The molecule has 1 unspecified atom stereocenters. The molecule has 4 N–H and O–H groups in total. The molecule has 0 aliphatic rings. The molecule has 0 spiro atoms. The molecular formula is C35H27N3O5S2. The molecule has 10 heteroatoms. The predicted molar refractivity (Wildman–Crippen MR) is 178 cm³/mol. The van der Waals surface area contributed by atoms with Gasteiger partial charge in [-0.25, -0.2) is 4.79 Å². The molecule has 45 heavy (non-hydrogen) atoms. The molecule has 0 saturated carbocycles. The van der Waals surface area contributed by atoms with Crippen LogP contribution in [0.3, 0.4) is 0 Å². The summed E-state index contributed by atoms with van der Waals surface area (Å²) in [4.78, 5) is 52.5. The SMILES string of the molecule is O=C(Nc1ccc(SC(C(=O)Nc2cccc(C(=O)O)c2)c2ccccc2)cc1)/C(=C/c1cccs1)NC(=O)c1ccccc1. The molecule has 4 aromatic carbocycles. The van der Waals surface area contributed by atoms with E-state index in [0.717, 1.165) is 15.3 Å². The minimum Gasteiger partial charge on any atom is -0.478 e. The van der Waals surface area contributed by atoms with Gasteiger partial charge in [0.25, 0.3) is 11.8 Å². The minimum absolute atomic E-state index is 0.0716. The van der Waals surface area contributed by atoms with E-state index in [4.69, 9.17) is 0 Å². The van der Waals surface area contributed by atoms with Crippen molar-refractivity contribution >= 4 is 64.2 Å². The molecule has 0 radical (unpaired) electrons. The molecule has 5 rings (SSSR count). The number of hydrogen-bond donors (Lipinski definition) is 4. The number of rotatable bonds is 11. The number of thiophene rings is 1. The quantitative estimate of drug-likeness (QED) is 0.0892. The minimum atomic E-state index is -1.08. The van der Waals surface area contributed by atoms with E-state index in [0.29, 0.717) is 16.9 Å². The van der Waals surface area contributed by atoms with Crippen molar-refractivity contribution in [1.82, 2.24) is 5.32 Å². The Labute approximate surface area is 267 Å². The summed E-state index contributed by atoms with van der Waals surface area (Å²) in [5, 5.41) is 18.9. The summed E-state index contributed by atoms with van der Waals surface area (Å²) in [7, 11) is 0. The molecule has 3 amide bonds. The Balaban J connectivity index is 1.31. The lowest BCUT2D eigenvalue weighted by Crippen LogP contribution is -2.30. The molecule has 0 bridgehead atoms. The van der Waals surface area contributed by atoms with Gasteiger partial charge in [-0.1, -0.05) is 60.7 Å². The fraction of sp³-hybridized carbons (Fsp3) is 0.0286. The third-order valence-corrected chi connectivity index (χ3v) is 8.53. The highest BCUT2D eigenvalue weighted by Gasteiger charge is 2.23. The lowest BCUT2D eigenvalue weighted by Gasteiger charge is -2.18. The molecule has 0 fully saturated rings. The highest BCUT2D eigenvalue weighted by molar-refractivity contribution is 8.00. The van der Waals surface area contributed by atoms with Crippen molar-refractivity contribution in [3.05, 3.63) is 154 Å². The zero-order chi connectivity index (χ0) is 31.6. The number of carbonyl (C=O) groups excluding carboxylic acids is 3. The number of carboxylic acid groups (broad SMARTS) is 1. The second kappa shape index (κ2) is 14.8. The van der Waals surface area contributed by atoms with Gasteiger partial charge in [0.2, 0.25) is 5.91 Å². The largest absolute Gasteiger partial charge is 0.478 e. The van der Waals surface area contributed by atoms with Crippen LogP contribution < -0.4 is 16.0 Å². The van der Waals surface area contributed by atoms with Gasteiger partial charge in [-0.3, -0.25) is 14.4 Å². The number of carbonyl (C=O) groups is 4. The lowest BCUT2D eigenvalue weighted by molar-refractivity contribution is -0.116. The number of hydrogen-bond acceptors (Lipinski definition) is 6. The monoisotopic (exact) mass is 633 g/mol. The Bertz CT molecular complexity index is 1820. The van der Waals surface area contributed by atoms with Gasteiger partial charge in [0.15, 0.2) is 0 Å². The van der Waals surface area contributed by atoms with Crippen molar-refractivity contribution in [2.75, 3.05) is 10.6 Å². The second-order valence-electron chi connectivity index (χ2n) is 9.66. The van der Waals surface area contributed by atoms with Gasteiger partial charge in [-0.15, -0.1) is 23.1 Å². The van der Waals surface area contributed by atoms with Gasteiger partial charge in [-0.2, -0.15) is 0 Å². The van der Waals surface area contributed by atoms with Crippen LogP contribution in [0.4, 0.5) is 11.4 Å². The van der Waals surface area contributed by atoms with Gasteiger partial charge >= 0.3 is 5.97 Å². The number of carboxylic acids is 1. The van der Waals surface area contributed by atoms with Gasteiger partial charge in [0.05, 0.1) is 5.56 Å². The zero-order valence-electron chi connectivity index (χ0n) is 23.7. The van der Waals surface area contributed by atoms with Crippen LogP contribution in [0, 0.1) is 0 Å². The maximum Gasteiger partial charge on any atom is 0.335 e. The molecule has 0 aliphatic heterocycles. The summed E-state index contributed by atoms with van der Waals surface area (Å²) in [6, 6.07) is 34.7. The smallest absolute Gasteiger partial charge is 0.335 e. The maximum atomic E-state index is 13.4. The molecule has 1 atom stereocenters. The van der Waals surface area contributed by atoms with E-state index in [1.54, 1.807) is 66.7 Å². The summed E-state index contributed by atoms with van der Waals surface area (Å²) in [6.45, 7) is 0. The van der Waals surface area contributed by atoms with Gasteiger partial charge in [-0.05, 0) is 77.7 Å². The van der Waals surface area contributed by atoms with E-state index in [9.17, 15) is 24.3 Å². The van der Waals surface area contributed by atoms with Gasteiger partial charge < -0.3 is 21.1 Å². The molecule has 1 aromatic heterocycles. The molecule has 0 saturated heterocycles. The summed E-state index contributed by atoms with van der Waals surface area (Å²) in [5.41, 5.74) is 2.24. The van der Waals surface area contributed by atoms with E-state index in [1.165, 1.54) is 35.2 Å². The standard InChI is InChI=1S/C35H27N3O5S2/c39-32(24-11-5-2-6-12-24)38-30(22-29-15-8-20-44-29)33(40)36-26-16-18-28(19-17-26)45-31(23-9-3-1-4-10-23)34(41)37-27-14-7-13-25(21-27)35(42)43/h1-22,31H,(H,36,40)(H,37,41)(H,38,39)(H,42,43)/b30-22-. The van der Waals surface area contributed by atoms with E-state index >= 15 is 0 Å². The van der Waals surface area contributed by atoms with E-state index in [1.807, 2.05) is 53.9 Å². The Morgan fingerprint density at radius 3 is 2.07 bits per heavy atom. The first-order valence-corrected chi connectivity index (χ1v) is 15.5. The van der Waals surface area contributed by atoms with Crippen molar-refractivity contribution in [3.8, 4) is 0 Å². The van der Waals surface area contributed by atoms with Crippen LogP contribution in [0.5, 0.6) is 0 Å². The Morgan fingerprint density at radius 1 is 0.711 bits per heavy atom. The van der Waals surface area contributed by atoms with Gasteiger partial charge in [0.1, 0.15) is 10.9 Å². The van der Waals surface area contributed by atoms with Crippen LogP contribution in [0.2, 0.25) is 0 Å². The fourth-order valence-corrected chi connectivity index (χ4v) is 5.93. The number of amides is 3. The average Bonchev–Trinajstić information content (AvgIpc) is 3.58. The van der Waals surface area contributed by atoms with Gasteiger partial charge in [0, 0.05) is 26.7 Å². The highest BCUT2D eigenvalue weighted by atomic mass is 32.2. The summed E-state index contributed by atoms with van der Waals surface area (Å²) < 4.78 is 0. The van der Waals surface area contributed by atoms with Crippen molar-refractivity contribution in [2.45, 2.75) is 10.1 Å². The lowest BCUT2D eigenvalue weighted by atomic mass is 10.1. The third kappa shape index (κ3) is 8.56. The summed E-state index contributed by atoms with van der Waals surface area (Å²) in [6.07, 6.45) is 1.63. The number of benzene rings is 4. The molecule has 224 valence electrons. The first kappa shape index (κ1) is 31.0.